The van der Waals surface area contributed by atoms with E-state index < -0.39 is 133 Å². The SMILES string of the molecule is O=C(O)c1ccc(OC(=O)c2ccc(C(c3ccc(C(=O)O)c(C(=O)O)c3)(C(F)(F)F)C(F)(F)F)cc2C(=O)Oc2ccc(C(=O)O)c(C(=O)O)c2)cc1C(=O)O. The van der Waals surface area contributed by atoms with Gasteiger partial charge in [0.15, 0.2) is 0 Å². The molecule has 0 radical (unpaired) electrons. The van der Waals surface area contributed by atoms with Gasteiger partial charge in [-0.15, -0.1) is 0 Å². The first-order valence-electron chi connectivity index (χ1n) is 14.9. The molecule has 0 aliphatic rings. The van der Waals surface area contributed by atoms with E-state index in [9.17, 15) is 69.0 Å². The Morgan fingerprint density at radius 3 is 0.982 bits per heavy atom. The highest BCUT2D eigenvalue weighted by atomic mass is 19.4. The summed E-state index contributed by atoms with van der Waals surface area (Å²) in [4.78, 5) is 96.5. The normalized spacial score (nSPS) is 11.6. The first-order chi connectivity index (χ1) is 26.3. The zero-order valence-electron chi connectivity index (χ0n) is 27.5. The molecule has 16 nitrogen and oxygen atoms in total. The van der Waals surface area contributed by atoms with Crippen LogP contribution in [-0.4, -0.2) is 90.7 Å². The number of hydrogen-bond acceptors (Lipinski definition) is 10. The number of carboxylic acids is 6. The quantitative estimate of drug-likeness (QED) is 0.0567. The van der Waals surface area contributed by atoms with Gasteiger partial charge in [0, 0.05) is 0 Å². The Kier molecular flexibility index (Phi) is 11.2. The summed E-state index contributed by atoms with van der Waals surface area (Å²) in [5, 5.41) is 56.1. The molecular weight excluding hydrogens is 790 g/mol. The van der Waals surface area contributed by atoms with E-state index >= 15 is 26.3 Å². The highest BCUT2D eigenvalue weighted by Gasteiger charge is 2.72. The average Bonchev–Trinajstić information content (AvgIpc) is 3.10. The standard InChI is InChI=1S/C35H18F6O16/c36-34(37,38)33(35(39,40)41,13-1-5-17(25(42)43)21(9-13)28(48)49)14-2-6-20(31(54)56-15-3-7-18(26(44)45)22(11-15)29(50)51)24(10-14)32(55)57-16-4-8-19(27(46)47)23(12-16)30(52)53/h1-12H,(H,42,43)(H,44,45)(H,46,47)(H,48,49)(H,50,51)(H,52,53). The molecule has 296 valence electrons. The molecule has 6 N–H and O–H groups in total. The zero-order chi connectivity index (χ0) is 42.9. The van der Waals surface area contributed by atoms with Crippen LogP contribution in [0, 0.1) is 0 Å². The van der Waals surface area contributed by atoms with Crippen LogP contribution in [0.5, 0.6) is 11.5 Å². The minimum atomic E-state index is -6.52. The summed E-state index contributed by atoms with van der Waals surface area (Å²) in [7, 11) is 0. The van der Waals surface area contributed by atoms with Gasteiger partial charge in [0.25, 0.3) is 0 Å². The van der Waals surface area contributed by atoms with Crippen molar-refractivity contribution in [2.45, 2.75) is 17.8 Å². The molecule has 0 aliphatic heterocycles. The number of hydrogen-bond donors (Lipinski definition) is 6. The van der Waals surface area contributed by atoms with Crippen molar-refractivity contribution >= 4 is 47.8 Å². The number of benzene rings is 4. The predicted octanol–water partition coefficient (Wildman–Crippen LogP) is 5.72. The molecule has 0 heterocycles. The topological polar surface area (TPSA) is 276 Å². The van der Waals surface area contributed by atoms with E-state index in [0.717, 1.165) is 6.07 Å². The second-order valence-electron chi connectivity index (χ2n) is 11.3. The van der Waals surface area contributed by atoms with Crippen LogP contribution in [-0.2, 0) is 5.41 Å². The van der Waals surface area contributed by atoms with Gasteiger partial charge < -0.3 is 40.1 Å². The molecule has 0 bridgehead atoms. The lowest BCUT2D eigenvalue weighted by atomic mass is 9.71. The molecule has 0 aliphatic carbocycles. The van der Waals surface area contributed by atoms with Gasteiger partial charge in [-0.25, -0.2) is 38.4 Å². The number of carboxylic acid groups (broad SMARTS) is 6. The fourth-order valence-electron chi connectivity index (χ4n) is 5.47. The maximum absolute atomic E-state index is 15.1. The summed E-state index contributed by atoms with van der Waals surface area (Å²) in [6.45, 7) is 0. The lowest BCUT2D eigenvalue weighted by Crippen LogP contribution is -2.55. The Labute approximate surface area is 310 Å². The van der Waals surface area contributed by atoms with Crippen molar-refractivity contribution in [1.82, 2.24) is 0 Å². The Balaban J connectivity index is 2.04. The molecule has 4 aromatic carbocycles. The van der Waals surface area contributed by atoms with Gasteiger partial charge in [-0.3, -0.25) is 0 Å². The summed E-state index contributed by atoms with van der Waals surface area (Å²) < 4.78 is 100. The van der Waals surface area contributed by atoms with Crippen molar-refractivity contribution in [3.8, 4) is 11.5 Å². The van der Waals surface area contributed by atoms with Gasteiger partial charge in [-0.05, 0) is 71.8 Å². The predicted molar refractivity (Wildman–Crippen MR) is 170 cm³/mol. The highest BCUT2D eigenvalue weighted by molar-refractivity contribution is 6.06. The fourth-order valence-corrected chi connectivity index (χ4v) is 5.47. The molecule has 0 atom stereocenters. The van der Waals surface area contributed by atoms with Crippen LogP contribution in [0.3, 0.4) is 0 Å². The van der Waals surface area contributed by atoms with E-state index in [1.54, 1.807) is 0 Å². The van der Waals surface area contributed by atoms with E-state index in [4.69, 9.17) is 9.47 Å². The molecule has 4 aromatic rings. The third-order valence-corrected chi connectivity index (χ3v) is 7.98. The molecular formula is C35H18F6O16. The molecule has 0 unspecified atom stereocenters. The summed E-state index contributed by atoms with van der Waals surface area (Å²) in [6, 6.07) is 3.50. The van der Waals surface area contributed by atoms with Gasteiger partial charge in [-0.2, -0.15) is 26.3 Å². The summed E-state index contributed by atoms with van der Waals surface area (Å²) in [5.41, 5.74) is -18.3. The van der Waals surface area contributed by atoms with Crippen molar-refractivity contribution in [3.05, 3.63) is 128 Å². The highest BCUT2D eigenvalue weighted by Crippen LogP contribution is 2.56. The maximum atomic E-state index is 15.1. The maximum Gasteiger partial charge on any atom is 0.411 e. The van der Waals surface area contributed by atoms with E-state index in [-0.39, 0.29) is 36.4 Å². The van der Waals surface area contributed by atoms with Crippen molar-refractivity contribution in [3.63, 3.8) is 0 Å². The Morgan fingerprint density at radius 2 is 0.649 bits per heavy atom. The number of carbonyl (C=O) groups is 8. The number of halogens is 6. The smallest absolute Gasteiger partial charge is 0.411 e. The van der Waals surface area contributed by atoms with E-state index in [1.165, 1.54) is 0 Å². The number of ether oxygens (including phenoxy) is 2. The number of alkyl halides is 6. The lowest BCUT2D eigenvalue weighted by molar-refractivity contribution is -0.288. The molecule has 4 rings (SSSR count). The molecule has 0 spiro atoms. The van der Waals surface area contributed by atoms with E-state index in [2.05, 4.69) is 0 Å². The molecule has 0 saturated heterocycles. The summed E-state index contributed by atoms with van der Waals surface area (Å²) >= 11 is 0. The molecule has 0 amide bonds. The zero-order valence-corrected chi connectivity index (χ0v) is 27.5. The monoisotopic (exact) mass is 808 g/mol. The van der Waals surface area contributed by atoms with E-state index in [0.29, 0.717) is 30.3 Å². The van der Waals surface area contributed by atoms with Gasteiger partial charge in [0.1, 0.15) is 11.5 Å². The number of aromatic carboxylic acids is 6. The van der Waals surface area contributed by atoms with Gasteiger partial charge in [-0.1, -0.05) is 12.1 Å². The van der Waals surface area contributed by atoms with Crippen LogP contribution in [0.25, 0.3) is 0 Å². The second-order valence-corrected chi connectivity index (χ2v) is 11.3. The van der Waals surface area contributed by atoms with Gasteiger partial charge in [0.05, 0.1) is 44.5 Å². The van der Waals surface area contributed by atoms with Crippen LogP contribution >= 0.6 is 0 Å². The first kappa shape index (κ1) is 42.0. The van der Waals surface area contributed by atoms with Crippen molar-refractivity contribution in [1.29, 1.82) is 0 Å². The minimum absolute atomic E-state index is 0.00923. The second kappa shape index (κ2) is 15.2. The molecule has 0 saturated carbocycles. The van der Waals surface area contributed by atoms with Crippen LogP contribution in [0.15, 0.2) is 72.8 Å². The van der Waals surface area contributed by atoms with E-state index in [1.807, 2.05) is 0 Å². The first-order valence-corrected chi connectivity index (χ1v) is 14.9. The molecule has 0 fully saturated rings. The fraction of sp³-hybridized carbons (Fsp3) is 0.0857. The van der Waals surface area contributed by atoms with Crippen LogP contribution in [0.4, 0.5) is 26.3 Å². The summed E-state index contributed by atoms with van der Waals surface area (Å²) in [6.07, 6.45) is -13.0. The minimum Gasteiger partial charge on any atom is -0.478 e. The Hall–Kier alpha value is -7.78. The molecule has 0 aromatic heterocycles. The molecule has 57 heavy (non-hydrogen) atoms. The third kappa shape index (κ3) is 7.90. The Bertz CT molecular complexity index is 2400. The average molecular weight is 809 g/mol. The Morgan fingerprint density at radius 1 is 0.368 bits per heavy atom. The van der Waals surface area contributed by atoms with Crippen molar-refractivity contribution in [2.75, 3.05) is 0 Å². The van der Waals surface area contributed by atoms with Crippen LogP contribution < -0.4 is 9.47 Å². The van der Waals surface area contributed by atoms with Gasteiger partial charge in [0.2, 0.25) is 5.41 Å². The van der Waals surface area contributed by atoms with Gasteiger partial charge >= 0.3 is 60.1 Å². The largest absolute Gasteiger partial charge is 0.478 e. The lowest BCUT2D eigenvalue weighted by Gasteiger charge is -2.38. The number of carbonyl (C=O) groups excluding carboxylic acids is 2. The third-order valence-electron chi connectivity index (χ3n) is 7.98. The summed E-state index contributed by atoms with van der Waals surface area (Å²) in [5.74, 6) is -17.1. The molecule has 22 heteroatoms. The number of esters is 2. The van der Waals surface area contributed by atoms with Crippen molar-refractivity contribution < 1.29 is 105 Å². The van der Waals surface area contributed by atoms with Crippen molar-refractivity contribution in [2.24, 2.45) is 0 Å². The van der Waals surface area contributed by atoms with Crippen LogP contribution in [0.2, 0.25) is 0 Å². The van der Waals surface area contributed by atoms with Crippen LogP contribution in [0.1, 0.15) is 94.0 Å². The number of rotatable bonds is 12.